The molecule has 0 N–H and O–H groups in total. The van der Waals surface area contributed by atoms with Crippen molar-refractivity contribution in [2.24, 2.45) is 0 Å². The van der Waals surface area contributed by atoms with Crippen molar-refractivity contribution >= 4 is 11.8 Å². The van der Waals surface area contributed by atoms with Crippen LogP contribution in [-0.2, 0) is 9.47 Å². The van der Waals surface area contributed by atoms with E-state index in [1.807, 2.05) is 25.6 Å². The van der Waals surface area contributed by atoms with Crippen molar-refractivity contribution in [3.05, 3.63) is 0 Å². The van der Waals surface area contributed by atoms with Crippen molar-refractivity contribution < 1.29 is 9.47 Å². The number of ether oxygens (including phenoxy) is 2. The van der Waals surface area contributed by atoms with E-state index >= 15 is 0 Å². The van der Waals surface area contributed by atoms with Gasteiger partial charge in [0.1, 0.15) is 5.44 Å². The van der Waals surface area contributed by atoms with E-state index in [1.54, 1.807) is 0 Å². The average molecular weight is 176 g/mol. The predicted molar refractivity (Wildman–Crippen MR) is 47.9 cm³/mol. The predicted octanol–water partition coefficient (Wildman–Crippen LogP) is 1.89. The molecular weight excluding hydrogens is 160 g/mol. The van der Waals surface area contributed by atoms with E-state index in [0.717, 1.165) is 19.6 Å². The molecule has 1 heterocycles. The molecular formula is C8H16O2S. The summed E-state index contributed by atoms with van der Waals surface area (Å²) in [6.07, 6.45) is 1.48. The second-order valence-electron chi connectivity index (χ2n) is 2.48. The molecule has 1 aliphatic heterocycles. The Labute approximate surface area is 72.6 Å². The summed E-state index contributed by atoms with van der Waals surface area (Å²) in [6.45, 7) is 5.66. The van der Waals surface area contributed by atoms with Gasteiger partial charge in [-0.2, -0.15) is 0 Å². The fourth-order valence-electron chi connectivity index (χ4n) is 1.24. The molecule has 11 heavy (non-hydrogen) atoms. The SMILES string of the molecule is CCOC1CCSC1OCC. The smallest absolute Gasteiger partial charge is 0.129 e. The molecule has 0 saturated carbocycles. The lowest BCUT2D eigenvalue weighted by molar-refractivity contribution is -0.0202. The zero-order valence-electron chi connectivity index (χ0n) is 7.21. The Kier molecular flexibility index (Phi) is 4.26. The lowest BCUT2D eigenvalue weighted by atomic mass is 10.3. The summed E-state index contributed by atoms with van der Waals surface area (Å²) in [6, 6.07) is 0. The van der Waals surface area contributed by atoms with Crippen molar-refractivity contribution in [2.45, 2.75) is 31.8 Å². The molecule has 0 radical (unpaired) electrons. The molecule has 3 heteroatoms. The van der Waals surface area contributed by atoms with Crippen LogP contribution in [0.1, 0.15) is 20.3 Å². The zero-order valence-corrected chi connectivity index (χ0v) is 8.02. The summed E-state index contributed by atoms with van der Waals surface area (Å²) in [5.74, 6) is 1.18. The van der Waals surface area contributed by atoms with Crippen molar-refractivity contribution in [3.63, 3.8) is 0 Å². The van der Waals surface area contributed by atoms with Crippen LogP contribution in [0, 0.1) is 0 Å². The fraction of sp³-hybridized carbons (Fsp3) is 1.00. The molecule has 0 bridgehead atoms. The van der Waals surface area contributed by atoms with E-state index < -0.39 is 0 Å². The number of hydrogen-bond acceptors (Lipinski definition) is 3. The minimum atomic E-state index is 0.292. The largest absolute Gasteiger partial charge is 0.375 e. The van der Waals surface area contributed by atoms with Crippen LogP contribution in [0.2, 0.25) is 0 Å². The third kappa shape index (κ3) is 2.65. The average Bonchev–Trinajstić information content (AvgIpc) is 2.39. The maximum absolute atomic E-state index is 5.52. The van der Waals surface area contributed by atoms with Gasteiger partial charge < -0.3 is 9.47 Å². The second kappa shape index (κ2) is 5.01. The van der Waals surface area contributed by atoms with Gasteiger partial charge in [0.25, 0.3) is 0 Å². The first-order valence-electron chi connectivity index (χ1n) is 4.23. The van der Waals surface area contributed by atoms with Crippen LogP contribution in [-0.4, -0.2) is 30.5 Å². The van der Waals surface area contributed by atoms with Crippen LogP contribution in [0.4, 0.5) is 0 Å². The highest BCUT2D eigenvalue weighted by Crippen LogP contribution is 2.29. The highest BCUT2D eigenvalue weighted by atomic mass is 32.2. The molecule has 0 aromatic rings. The van der Waals surface area contributed by atoms with E-state index in [0.29, 0.717) is 11.5 Å². The highest BCUT2D eigenvalue weighted by molar-refractivity contribution is 8.00. The minimum Gasteiger partial charge on any atom is -0.375 e. The van der Waals surface area contributed by atoms with Crippen molar-refractivity contribution in [1.29, 1.82) is 0 Å². The summed E-state index contributed by atoms with van der Waals surface area (Å²) in [7, 11) is 0. The van der Waals surface area contributed by atoms with Gasteiger partial charge in [-0.3, -0.25) is 0 Å². The van der Waals surface area contributed by atoms with Crippen LogP contribution in [0.5, 0.6) is 0 Å². The van der Waals surface area contributed by atoms with E-state index in [4.69, 9.17) is 9.47 Å². The third-order valence-electron chi connectivity index (χ3n) is 1.70. The molecule has 0 amide bonds. The molecule has 1 saturated heterocycles. The van der Waals surface area contributed by atoms with Crippen molar-refractivity contribution in [1.82, 2.24) is 0 Å². The van der Waals surface area contributed by atoms with E-state index in [2.05, 4.69) is 0 Å². The van der Waals surface area contributed by atoms with Crippen LogP contribution < -0.4 is 0 Å². The first-order valence-corrected chi connectivity index (χ1v) is 5.28. The monoisotopic (exact) mass is 176 g/mol. The van der Waals surface area contributed by atoms with Crippen LogP contribution in [0.25, 0.3) is 0 Å². The Bertz CT molecular complexity index is 96.3. The Morgan fingerprint density at radius 1 is 1.27 bits per heavy atom. The summed E-state index contributed by atoms with van der Waals surface area (Å²) >= 11 is 1.87. The van der Waals surface area contributed by atoms with E-state index in [1.165, 1.54) is 5.75 Å². The minimum absolute atomic E-state index is 0.292. The molecule has 66 valence electrons. The van der Waals surface area contributed by atoms with Crippen molar-refractivity contribution in [2.75, 3.05) is 19.0 Å². The molecule has 0 spiro atoms. The summed E-state index contributed by atoms with van der Waals surface area (Å²) in [5.41, 5.74) is 0.292. The van der Waals surface area contributed by atoms with E-state index in [-0.39, 0.29) is 0 Å². The van der Waals surface area contributed by atoms with Gasteiger partial charge in [-0.15, -0.1) is 11.8 Å². The van der Waals surface area contributed by atoms with Gasteiger partial charge in [0.05, 0.1) is 6.10 Å². The Hall–Kier alpha value is 0.270. The molecule has 2 nitrogen and oxygen atoms in total. The summed E-state index contributed by atoms with van der Waals surface area (Å²) in [4.78, 5) is 0. The summed E-state index contributed by atoms with van der Waals surface area (Å²) < 4.78 is 11.0. The topological polar surface area (TPSA) is 18.5 Å². The first kappa shape index (κ1) is 9.36. The maximum atomic E-state index is 5.52. The Morgan fingerprint density at radius 2 is 2.00 bits per heavy atom. The summed E-state index contributed by atoms with van der Waals surface area (Å²) in [5, 5.41) is 0. The van der Waals surface area contributed by atoms with Gasteiger partial charge in [0.2, 0.25) is 0 Å². The van der Waals surface area contributed by atoms with Gasteiger partial charge in [-0.25, -0.2) is 0 Å². The van der Waals surface area contributed by atoms with Gasteiger partial charge >= 0.3 is 0 Å². The molecule has 1 fully saturated rings. The molecule has 0 aromatic heterocycles. The molecule has 0 aromatic carbocycles. The molecule has 2 unspecified atom stereocenters. The van der Waals surface area contributed by atoms with Gasteiger partial charge in [-0.05, 0) is 26.0 Å². The quantitative estimate of drug-likeness (QED) is 0.651. The molecule has 0 aliphatic carbocycles. The fourth-order valence-corrected chi connectivity index (χ4v) is 2.50. The molecule has 1 rings (SSSR count). The highest BCUT2D eigenvalue weighted by Gasteiger charge is 2.28. The van der Waals surface area contributed by atoms with Crippen molar-refractivity contribution in [3.8, 4) is 0 Å². The lowest BCUT2D eigenvalue weighted by Gasteiger charge is -2.17. The van der Waals surface area contributed by atoms with E-state index in [9.17, 15) is 0 Å². The van der Waals surface area contributed by atoms with Gasteiger partial charge in [0.15, 0.2) is 0 Å². The second-order valence-corrected chi connectivity index (χ2v) is 3.68. The Morgan fingerprint density at radius 3 is 2.64 bits per heavy atom. The molecule has 1 aliphatic rings. The number of thioether (sulfide) groups is 1. The first-order chi connectivity index (χ1) is 5.38. The number of rotatable bonds is 4. The molecule has 2 atom stereocenters. The van der Waals surface area contributed by atoms with Gasteiger partial charge in [0, 0.05) is 13.2 Å². The van der Waals surface area contributed by atoms with Crippen LogP contribution in [0.15, 0.2) is 0 Å². The zero-order chi connectivity index (χ0) is 8.10. The number of hydrogen-bond donors (Lipinski definition) is 0. The normalized spacial score (nSPS) is 31.1. The van der Waals surface area contributed by atoms with Crippen LogP contribution >= 0.6 is 11.8 Å². The standard InChI is InChI=1S/C8H16O2S/c1-3-9-7-5-6-11-8(7)10-4-2/h7-8H,3-6H2,1-2H3. The maximum Gasteiger partial charge on any atom is 0.129 e. The van der Waals surface area contributed by atoms with Gasteiger partial charge in [-0.1, -0.05) is 0 Å². The van der Waals surface area contributed by atoms with Crippen LogP contribution in [0.3, 0.4) is 0 Å². The third-order valence-corrected chi connectivity index (χ3v) is 2.94. The lowest BCUT2D eigenvalue weighted by Crippen LogP contribution is -2.24. The Balaban J connectivity index is 2.25.